The number of aryl methyl sites for hydroxylation is 2. The fourth-order valence-corrected chi connectivity index (χ4v) is 2.27. The van der Waals surface area contributed by atoms with E-state index >= 15 is 0 Å². The first-order chi connectivity index (χ1) is 10.9. The van der Waals surface area contributed by atoms with Crippen LogP contribution in [0.4, 0.5) is 13.2 Å². The van der Waals surface area contributed by atoms with Gasteiger partial charge in [0.1, 0.15) is 11.6 Å². The summed E-state index contributed by atoms with van der Waals surface area (Å²) >= 11 is 0. The molecule has 2 rings (SSSR count). The summed E-state index contributed by atoms with van der Waals surface area (Å²) in [6, 6.07) is 7.70. The topological polar surface area (TPSA) is 70.0 Å². The van der Waals surface area contributed by atoms with Gasteiger partial charge in [0.25, 0.3) is 0 Å². The zero-order valence-corrected chi connectivity index (χ0v) is 13.9. The van der Waals surface area contributed by atoms with Gasteiger partial charge in [-0.2, -0.15) is 0 Å². The standard InChI is InChI=1S/C17H19F3N2O.H3N/c1-3-6-13-11-15(22-16(21-13)7-4-2)12-8-5-9-14(10-12)23-17(18,19)20;/h5,8-11H,3-4,6-7H2,1-2H3;1H3. The molecule has 24 heavy (non-hydrogen) atoms. The molecule has 0 atom stereocenters. The van der Waals surface area contributed by atoms with Crippen LogP contribution in [0.2, 0.25) is 0 Å². The van der Waals surface area contributed by atoms with E-state index in [1.165, 1.54) is 18.2 Å². The minimum absolute atomic E-state index is 0. The van der Waals surface area contributed by atoms with E-state index in [4.69, 9.17) is 0 Å². The predicted molar refractivity (Wildman–Crippen MR) is 87.2 cm³/mol. The summed E-state index contributed by atoms with van der Waals surface area (Å²) in [6.45, 7) is 4.09. The lowest BCUT2D eigenvalue weighted by Gasteiger charge is -2.11. The summed E-state index contributed by atoms with van der Waals surface area (Å²) in [5.41, 5.74) is 2.12. The maximum Gasteiger partial charge on any atom is 0.573 e. The van der Waals surface area contributed by atoms with E-state index in [9.17, 15) is 13.2 Å². The fourth-order valence-electron chi connectivity index (χ4n) is 2.27. The Kier molecular flexibility index (Phi) is 7.16. The van der Waals surface area contributed by atoms with Gasteiger partial charge in [-0.1, -0.05) is 32.4 Å². The molecule has 0 saturated carbocycles. The second-order valence-electron chi connectivity index (χ2n) is 5.24. The van der Waals surface area contributed by atoms with Crippen LogP contribution in [0.1, 0.15) is 38.2 Å². The van der Waals surface area contributed by atoms with Crippen LogP contribution in [-0.4, -0.2) is 16.3 Å². The Morgan fingerprint density at radius 2 is 1.71 bits per heavy atom. The lowest BCUT2D eigenvalue weighted by molar-refractivity contribution is -0.274. The number of rotatable bonds is 6. The summed E-state index contributed by atoms with van der Waals surface area (Å²) in [7, 11) is 0. The molecule has 0 aliphatic rings. The van der Waals surface area contributed by atoms with Crippen LogP contribution in [0.25, 0.3) is 11.3 Å². The number of ether oxygens (including phenoxy) is 1. The molecule has 0 amide bonds. The van der Waals surface area contributed by atoms with Crippen LogP contribution >= 0.6 is 0 Å². The summed E-state index contributed by atoms with van der Waals surface area (Å²) in [5.74, 6) is 0.471. The molecular weight excluding hydrogens is 319 g/mol. The van der Waals surface area contributed by atoms with Crippen LogP contribution in [0, 0.1) is 0 Å². The first-order valence-corrected chi connectivity index (χ1v) is 7.64. The quantitative estimate of drug-likeness (QED) is 0.792. The van der Waals surface area contributed by atoms with Gasteiger partial charge in [-0.25, -0.2) is 9.97 Å². The molecule has 0 fully saturated rings. The van der Waals surface area contributed by atoms with Crippen LogP contribution in [0.5, 0.6) is 5.75 Å². The monoisotopic (exact) mass is 341 g/mol. The summed E-state index contributed by atoms with van der Waals surface area (Å²) in [5, 5.41) is 0. The largest absolute Gasteiger partial charge is 0.573 e. The highest BCUT2D eigenvalue weighted by Crippen LogP contribution is 2.27. The number of hydrogen-bond acceptors (Lipinski definition) is 4. The van der Waals surface area contributed by atoms with Gasteiger partial charge in [0.05, 0.1) is 5.69 Å². The number of benzene rings is 1. The van der Waals surface area contributed by atoms with E-state index < -0.39 is 6.36 Å². The first kappa shape index (κ1) is 19.9. The molecule has 0 saturated heterocycles. The van der Waals surface area contributed by atoms with Gasteiger partial charge in [0.2, 0.25) is 0 Å². The van der Waals surface area contributed by atoms with Crippen molar-refractivity contribution >= 4 is 0 Å². The van der Waals surface area contributed by atoms with Gasteiger partial charge in [0.15, 0.2) is 0 Å². The van der Waals surface area contributed by atoms with Crippen molar-refractivity contribution in [3.63, 3.8) is 0 Å². The number of halogens is 3. The van der Waals surface area contributed by atoms with Gasteiger partial charge in [-0.05, 0) is 31.0 Å². The van der Waals surface area contributed by atoms with Gasteiger partial charge in [-0.3, -0.25) is 0 Å². The molecule has 132 valence electrons. The van der Waals surface area contributed by atoms with Crippen molar-refractivity contribution in [2.45, 2.75) is 45.9 Å². The van der Waals surface area contributed by atoms with Gasteiger partial charge in [0, 0.05) is 17.7 Å². The summed E-state index contributed by atoms with van der Waals surface area (Å²) in [4.78, 5) is 8.96. The molecule has 0 spiro atoms. The molecule has 7 heteroatoms. The van der Waals surface area contributed by atoms with Gasteiger partial charge >= 0.3 is 6.36 Å². The number of hydrogen-bond donors (Lipinski definition) is 1. The van der Waals surface area contributed by atoms with E-state index in [1.54, 1.807) is 6.07 Å². The van der Waals surface area contributed by atoms with Crippen molar-refractivity contribution in [3.8, 4) is 17.0 Å². The first-order valence-electron chi connectivity index (χ1n) is 7.64. The van der Waals surface area contributed by atoms with Crippen molar-refractivity contribution in [2.75, 3.05) is 0 Å². The number of aromatic nitrogens is 2. The fraction of sp³-hybridized carbons (Fsp3) is 0.412. The maximum atomic E-state index is 12.4. The SMILES string of the molecule is CCCc1cc(-c2cccc(OC(F)(F)F)c2)nc(CCC)n1.N. The van der Waals surface area contributed by atoms with Crippen molar-refractivity contribution in [1.82, 2.24) is 16.1 Å². The zero-order chi connectivity index (χ0) is 16.9. The van der Waals surface area contributed by atoms with Crippen molar-refractivity contribution in [2.24, 2.45) is 0 Å². The molecule has 0 bridgehead atoms. The molecule has 0 radical (unpaired) electrons. The van der Waals surface area contributed by atoms with Crippen molar-refractivity contribution in [1.29, 1.82) is 0 Å². The zero-order valence-electron chi connectivity index (χ0n) is 13.9. The lowest BCUT2D eigenvalue weighted by Crippen LogP contribution is -2.17. The minimum Gasteiger partial charge on any atom is -0.406 e. The van der Waals surface area contributed by atoms with Crippen molar-refractivity contribution in [3.05, 3.63) is 41.9 Å². The molecule has 3 N–H and O–H groups in total. The molecule has 1 aromatic heterocycles. The molecule has 0 aliphatic heterocycles. The third kappa shape index (κ3) is 5.81. The second kappa shape index (κ2) is 8.63. The number of nitrogens with zero attached hydrogens (tertiary/aromatic N) is 2. The summed E-state index contributed by atoms with van der Waals surface area (Å²) < 4.78 is 41.0. The van der Waals surface area contributed by atoms with Crippen LogP contribution in [0.3, 0.4) is 0 Å². The minimum atomic E-state index is -4.70. The average molecular weight is 341 g/mol. The average Bonchev–Trinajstić information content (AvgIpc) is 2.46. The Hall–Kier alpha value is -2.15. The van der Waals surface area contributed by atoms with E-state index in [2.05, 4.69) is 21.6 Å². The highest BCUT2D eigenvalue weighted by atomic mass is 19.4. The highest BCUT2D eigenvalue weighted by molar-refractivity contribution is 5.61. The molecule has 0 unspecified atom stereocenters. The Morgan fingerprint density at radius 1 is 1.00 bits per heavy atom. The third-order valence-corrected chi connectivity index (χ3v) is 3.17. The molecule has 1 aromatic carbocycles. The second-order valence-corrected chi connectivity index (χ2v) is 5.24. The van der Waals surface area contributed by atoms with E-state index in [1.807, 2.05) is 13.0 Å². The van der Waals surface area contributed by atoms with Gasteiger partial charge < -0.3 is 10.9 Å². The normalized spacial score (nSPS) is 11.0. The molecule has 2 aromatic rings. The molecule has 1 heterocycles. The predicted octanol–water partition coefficient (Wildman–Crippen LogP) is 5.11. The van der Waals surface area contributed by atoms with E-state index in [0.29, 0.717) is 11.3 Å². The highest BCUT2D eigenvalue weighted by Gasteiger charge is 2.31. The molecular formula is C17H22F3N3O. The van der Waals surface area contributed by atoms with Crippen molar-refractivity contribution < 1.29 is 17.9 Å². The Morgan fingerprint density at radius 3 is 2.33 bits per heavy atom. The Bertz CT molecular complexity index is 636. The van der Waals surface area contributed by atoms with Gasteiger partial charge in [-0.15, -0.1) is 13.2 Å². The maximum absolute atomic E-state index is 12.4. The Balaban J connectivity index is 0.00000288. The third-order valence-electron chi connectivity index (χ3n) is 3.17. The van der Waals surface area contributed by atoms with Crippen LogP contribution in [0.15, 0.2) is 30.3 Å². The smallest absolute Gasteiger partial charge is 0.406 e. The molecule has 0 aliphatic carbocycles. The summed E-state index contributed by atoms with van der Waals surface area (Å²) in [6.07, 6.45) is -1.30. The van der Waals surface area contributed by atoms with Crippen LogP contribution < -0.4 is 10.9 Å². The van der Waals surface area contributed by atoms with Crippen LogP contribution in [-0.2, 0) is 12.8 Å². The molecule has 4 nitrogen and oxygen atoms in total. The lowest BCUT2D eigenvalue weighted by atomic mass is 10.1. The Labute approximate surface area is 139 Å². The number of alkyl halides is 3. The van der Waals surface area contributed by atoms with E-state index in [0.717, 1.165) is 37.2 Å². The van der Waals surface area contributed by atoms with E-state index in [-0.39, 0.29) is 11.9 Å².